The van der Waals surface area contributed by atoms with Crippen LogP contribution < -0.4 is 11.1 Å². The first-order chi connectivity index (χ1) is 10.3. The highest BCUT2D eigenvalue weighted by Gasteiger charge is 2.48. The topological polar surface area (TPSA) is 90.7 Å². The van der Waals surface area contributed by atoms with E-state index in [0.717, 1.165) is 5.56 Å². The van der Waals surface area contributed by atoms with Crippen molar-refractivity contribution in [2.24, 2.45) is 11.1 Å². The maximum atomic E-state index is 11.9. The SMILES string of the molecule is CC(C)(C)C1(c2ccc(C(=O)NC(=O)CN)cc2)OCCO1. The zero-order chi connectivity index (χ0) is 16.4. The summed E-state index contributed by atoms with van der Waals surface area (Å²) in [6.07, 6.45) is 0. The number of nitrogens with one attached hydrogen (secondary N) is 1. The van der Waals surface area contributed by atoms with Gasteiger partial charge in [-0.25, -0.2) is 0 Å². The lowest BCUT2D eigenvalue weighted by atomic mass is 9.80. The third-order valence-electron chi connectivity index (χ3n) is 3.65. The molecule has 0 saturated carbocycles. The van der Waals surface area contributed by atoms with Crippen molar-refractivity contribution in [1.29, 1.82) is 0 Å². The summed E-state index contributed by atoms with van der Waals surface area (Å²) in [6.45, 7) is 6.96. The molecule has 6 heteroatoms. The molecule has 0 spiro atoms. The molecule has 1 aliphatic rings. The molecule has 0 unspecified atom stereocenters. The van der Waals surface area contributed by atoms with Crippen molar-refractivity contribution in [3.63, 3.8) is 0 Å². The Bertz CT molecular complexity index is 555. The van der Waals surface area contributed by atoms with Crippen LogP contribution in [0.25, 0.3) is 0 Å². The Morgan fingerprint density at radius 2 is 1.73 bits per heavy atom. The van der Waals surface area contributed by atoms with Gasteiger partial charge in [0.15, 0.2) is 5.79 Å². The predicted molar refractivity (Wildman–Crippen MR) is 81.0 cm³/mol. The Morgan fingerprint density at radius 1 is 1.18 bits per heavy atom. The minimum atomic E-state index is -0.824. The number of amides is 2. The fraction of sp³-hybridized carbons (Fsp3) is 0.500. The van der Waals surface area contributed by atoms with E-state index in [9.17, 15) is 9.59 Å². The zero-order valence-electron chi connectivity index (χ0n) is 13.1. The summed E-state index contributed by atoms with van der Waals surface area (Å²) >= 11 is 0. The zero-order valence-corrected chi connectivity index (χ0v) is 13.1. The number of hydrogen-bond acceptors (Lipinski definition) is 5. The van der Waals surface area contributed by atoms with E-state index < -0.39 is 17.6 Å². The number of rotatable bonds is 3. The highest BCUT2D eigenvalue weighted by Crippen LogP contribution is 2.46. The van der Waals surface area contributed by atoms with Gasteiger partial charge in [0.25, 0.3) is 5.91 Å². The highest BCUT2D eigenvalue weighted by atomic mass is 16.7. The molecule has 2 amide bonds. The predicted octanol–water partition coefficient (Wildman–Crippen LogP) is 1.15. The van der Waals surface area contributed by atoms with Crippen molar-refractivity contribution in [1.82, 2.24) is 5.32 Å². The van der Waals surface area contributed by atoms with Gasteiger partial charge in [0.05, 0.1) is 19.8 Å². The van der Waals surface area contributed by atoms with Gasteiger partial charge in [-0.05, 0) is 12.1 Å². The lowest BCUT2D eigenvalue weighted by Crippen LogP contribution is -2.41. The fourth-order valence-electron chi connectivity index (χ4n) is 2.54. The molecule has 2 rings (SSSR count). The molecule has 0 radical (unpaired) electrons. The number of hydrogen-bond donors (Lipinski definition) is 2. The summed E-state index contributed by atoms with van der Waals surface area (Å²) in [5.74, 6) is -1.81. The van der Waals surface area contributed by atoms with Gasteiger partial charge in [0, 0.05) is 16.5 Å². The third-order valence-corrected chi connectivity index (χ3v) is 3.65. The van der Waals surface area contributed by atoms with Crippen LogP contribution in [0.15, 0.2) is 24.3 Å². The van der Waals surface area contributed by atoms with Crippen molar-refractivity contribution in [2.45, 2.75) is 26.6 Å². The average Bonchev–Trinajstić information content (AvgIpc) is 2.97. The summed E-state index contributed by atoms with van der Waals surface area (Å²) in [5, 5.41) is 2.21. The number of nitrogens with two attached hydrogens (primary N) is 1. The van der Waals surface area contributed by atoms with Gasteiger partial charge in [-0.1, -0.05) is 32.9 Å². The quantitative estimate of drug-likeness (QED) is 0.874. The maximum Gasteiger partial charge on any atom is 0.257 e. The second-order valence-corrected chi connectivity index (χ2v) is 6.22. The molecule has 1 aromatic rings. The molecule has 0 atom stereocenters. The smallest absolute Gasteiger partial charge is 0.257 e. The van der Waals surface area contributed by atoms with Gasteiger partial charge >= 0.3 is 0 Å². The van der Waals surface area contributed by atoms with Crippen LogP contribution in [0.5, 0.6) is 0 Å². The molecule has 1 aromatic carbocycles. The van der Waals surface area contributed by atoms with Crippen molar-refractivity contribution in [3.8, 4) is 0 Å². The van der Waals surface area contributed by atoms with E-state index in [-0.39, 0.29) is 12.0 Å². The summed E-state index contributed by atoms with van der Waals surface area (Å²) in [7, 11) is 0. The van der Waals surface area contributed by atoms with Gasteiger partial charge in [0.1, 0.15) is 0 Å². The van der Waals surface area contributed by atoms with Crippen molar-refractivity contribution in [2.75, 3.05) is 19.8 Å². The maximum absolute atomic E-state index is 11.9. The molecule has 3 N–H and O–H groups in total. The summed E-state index contributed by atoms with van der Waals surface area (Å²) in [4.78, 5) is 23.0. The van der Waals surface area contributed by atoms with Crippen molar-refractivity contribution in [3.05, 3.63) is 35.4 Å². The Kier molecular flexibility index (Phi) is 4.65. The Hall–Kier alpha value is -1.76. The van der Waals surface area contributed by atoms with Crippen LogP contribution in [0.4, 0.5) is 0 Å². The lowest BCUT2D eigenvalue weighted by molar-refractivity contribution is -0.232. The van der Waals surface area contributed by atoms with Crippen LogP contribution in [0.3, 0.4) is 0 Å². The Balaban J connectivity index is 2.24. The van der Waals surface area contributed by atoms with Crippen LogP contribution in [-0.2, 0) is 20.1 Å². The molecule has 120 valence electrons. The van der Waals surface area contributed by atoms with Gasteiger partial charge in [0.2, 0.25) is 5.91 Å². The molecule has 0 aliphatic carbocycles. The van der Waals surface area contributed by atoms with E-state index in [1.165, 1.54) is 0 Å². The average molecular weight is 306 g/mol. The highest BCUT2D eigenvalue weighted by molar-refractivity contribution is 6.05. The van der Waals surface area contributed by atoms with Crippen LogP contribution in [0.2, 0.25) is 0 Å². The molecule has 1 saturated heterocycles. The molecule has 0 bridgehead atoms. The van der Waals surface area contributed by atoms with E-state index in [4.69, 9.17) is 15.2 Å². The largest absolute Gasteiger partial charge is 0.343 e. The van der Waals surface area contributed by atoms with Gasteiger partial charge in [-0.2, -0.15) is 0 Å². The van der Waals surface area contributed by atoms with Gasteiger partial charge in [-0.3, -0.25) is 14.9 Å². The van der Waals surface area contributed by atoms with Gasteiger partial charge in [-0.15, -0.1) is 0 Å². The first-order valence-electron chi connectivity index (χ1n) is 7.23. The minimum Gasteiger partial charge on any atom is -0.343 e. The number of carbonyl (C=O) groups is 2. The molecule has 6 nitrogen and oxygen atoms in total. The van der Waals surface area contributed by atoms with Crippen LogP contribution >= 0.6 is 0 Å². The van der Waals surface area contributed by atoms with E-state index in [1.807, 2.05) is 20.8 Å². The third kappa shape index (κ3) is 3.04. The van der Waals surface area contributed by atoms with Gasteiger partial charge < -0.3 is 15.2 Å². The Morgan fingerprint density at radius 3 is 2.18 bits per heavy atom. The first-order valence-corrected chi connectivity index (χ1v) is 7.23. The summed E-state index contributed by atoms with van der Waals surface area (Å²) in [6, 6.07) is 6.87. The van der Waals surface area contributed by atoms with E-state index in [1.54, 1.807) is 24.3 Å². The summed E-state index contributed by atoms with van der Waals surface area (Å²) in [5.41, 5.74) is 6.14. The van der Waals surface area contributed by atoms with E-state index in [2.05, 4.69) is 5.32 Å². The number of benzene rings is 1. The fourth-order valence-corrected chi connectivity index (χ4v) is 2.54. The lowest BCUT2D eigenvalue weighted by Gasteiger charge is -2.39. The molecular weight excluding hydrogens is 284 g/mol. The number of ether oxygens (including phenoxy) is 2. The molecule has 0 aromatic heterocycles. The number of imide groups is 1. The molecule has 1 heterocycles. The van der Waals surface area contributed by atoms with Crippen LogP contribution in [0, 0.1) is 5.41 Å². The van der Waals surface area contributed by atoms with E-state index in [0.29, 0.717) is 18.8 Å². The van der Waals surface area contributed by atoms with Crippen LogP contribution in [-0.4, -0.2) is 31.6 Å². The number of carbonyl (C=O) groups excluding carboxylic acids is 2. The van der Waals surface area contributed by atoms with Crippen molar-refractivity contribution < 1.29 is 19.1 Å². The first kappa shape index (κ1) is 16.6. The monoisotopic (exact) mass is 306 g/mol. The molecule has 1 fully saturated rings. The standard InChI is InChI=1S/C16H22N2O4/c1-15(2,3)16(21-8-9-22-16)12-6-4-11(5-7-12)14(20)18-13(19)10-17/h4-7H,8-10,17H2,1-3H3,(H,18,19,20). The molecule has 1 aliphatic heterocycles. The second kappa shape index (κ2) is 6.16. The van der Waals surface area contributed by atoms with E-state index >= 15 is 0 Å². The molecular formula is C16H22N2O4. The normalized spacial score (nSPS) is 17.3. The second-order valence-electron chi connectivity index (χ2n) is 6.22. The van der Waals surface area contributed by atoms with Crippen LogP contribution in [0.1, 0.15) is 36.7 Å². The Labute approximate surface area is 130 Å². The minimum absolute atomic E-state index is 0.224. The van der Waals surface area contributed by atoms with Crippen molar-refractivity contribution >= 4 is 11.8 Å². The summed E-state index contributed by atoms with van der Waals surface area (Å²) < 4.78 is 11.8. The molecule has 22 heavy (non-hydrogen) atoms.